The van der Waals surface area contributed by atoms with Crippen LogP contribution in [0.4, 0.5) is 4.39 Å². The van der Waals surface area contributed by atoms with Gasteiger partial charge in [-0.3, -0.25) is 14.4 Å². The SMILES string of the molecule is COC(=O)[C@]1(C#N)[C@H](c2ccccc2F)[C@H](C(N)=O)N2C=C(C(C)=O)C=C[C@H]21. The van der Waals surface area contributed by atoms with Crippen molar-refractivity contribution >= 4 is 17.7 Å². The van der Waals surface area contributed by atoms with Crippen LogP contribution in [-0.2, 0) is 19.1 Å². The van der Waals surface area contributed by atoms with Crippen molar-refractivity contribution in [1.82, 2.24) is 4.90 Å². The van der Waals surface area contributed by atoms with Gasteiger partial charge in [0.2, 0.25) is 5.91 Å². The molecule has 0 radical (unpaired) electrons. The van der Waals surface area contributed by atoms with Gasteiger partial charge in [-0.25, -0.2) is 4.39 Å². The van der Waals surface area contributed by atoms with E-state index in [1.54, 1.807) is 6.07 Å². The molecule has 1 fully saturated rings. The molecule has 144 valence electrons. The largest absolute Gasteiger partial charge is 0.468 e. The lowest BCUT2D eigenvalue weighted by molar-refractivity contribution is -0.150. The number of rotatable bonds is 4. The third-order valence-corrected chi connectivity index (χ3v) is 5.31. The number of fused-ring (bicyclic) bond motifs is 1. The molecule has 1 aromatic rings. The van der Waals surface area contributed by atoms with E-state index in [1.165, 1.54) is 48.4 Å². The molecule has 0 saturated carbocycles. The summed E-state index contributed by atoms with van der Waals surface area (Å²) in [4.78, 5) is 38.4. The lowest BCUT2D eigenvalue weighted by Crippen LogP contribution is -2.45. The number of primary amides is 1. The molecule has 2 heterocycles. The van der Waals surface area contributed by atoms with Crippen molar-refractivity contribution in [2.75, 3.05) is 7.11 Å². The number of esters is 1. The summed E-state index contributed by atoms with van der Waals surface area (Å²) in [5.74, 6) is -3.95. The fourth-order valence-electron chi connectivity index (χ4n) is 4.08. The topological polar surface area (TPSA) is 113 Å². The molecule has 2 N–H and O–H groups in total. The predicted molar refractivity (Wildman–Crippen MR) is 95.7 cm³/mol. The molecule has 1 amide bonds. The minimum Gasteiger partial charge on any atom is -0.468 e. The van der Waals surface area contributed by atoms with Crippen LogP contribution in [0.2, 0.25) is 0 Å². The van der Waals surface area contributed by atoms with Gasteiger partial charge in [0.05, 0.1) is 19.2 Å². The van der Waals surface area contributed by atoms with Crippen LogP contribution in [0.15, 0.2) is 48.2 Å². The fraction of sp³-hybridized carbons (Fsp3) is 0.300. The number of ether oxygens (including phenoxy) is 1. The van der Waals surface area contributed by atoms with E-state index in [2.05, 4.69) is 0 Å². The summed E-state index contributed by atoms with van der Waals surface area (Å²) in [5.41, 5.74) is 3.95. The highest BCUT2D eigenvalue weighted by Crippen LogP contribution is 2.54. The van der Waals surface area contributed by atoms with Crippen LogP contribution in [0.3, 0.4) is 0 Å². The number of amides is 1. The number of carbonyl (C=O) groups is 3. The number of benzene rings is 1. The van der Waals surface area contributed by atoms with Crippen LogP contribution in [-0.4, -0.2) is 41.8 Å². The molecule has 2 aliphatic rings. The van der Waals surface area contributed by atoms with Gasteiger partial charge in [0.1, 0.15) is 11.9 Å². The highest BCUT2D eigenvalue weighted by molar-refractivity contribution is 5.97. The number of hydrogen-bond donors (Lipinski definition) is 1. The third-order valence-electron chi connectivity index (χ3n) is 5.31. The van der Waals surface area contributed by atoms with Crippen molar-refractivity contribution in [3.05, 3.63) is 59.6 Å². The molecule has 0 bridgehead atoms. The van der Waals surface area contributed by atoms with Gasteiger partial charge in [-0.05, 0) is 18.6 Å². The average molecular weight is 383 g/mol. The van der Waals surface area contributed by atoms with Crippen molar-refractivity contribution < 1.29 is 23.5 Å². The van der Waals surface area contributed by atoms with Gasteiger partial charge in [-0.2, -0.15) is 5.26 Å². The van der Waals surface area contributed by atoms with E-state index >= 15 is 0 Å². The number of nitrogens with zero attached hydrogens (tertiary/aromatic N) is 2. The minimum absolute atomic E-state index is 0.00109. The number of methoxy groups -OCH3 is 1. The number of ketones is 1. The maximum Gasteiger partial charge on any atom is 0.329 e. The van der Waals surface area contributed by atoms with Crippen LogP contribution in [0, 0.1) is 22.6 Å². The summed E-state index contributed by atoms with van der Waals surface area (Å²) in [6.45, 7) is 1.35. The van der Waals surface area contributed by atoms with E-state index in [-0.39, 0.29) is 16.9 Å². The minimum atomic E-state index is -1.94. The number of Topliss-reactive ketones (excluding diaryl/α,β-unsaturated/α-hetero) is 1. The molecule has 4 atom stereocenters. The Morgan fingerprint density at radius 3 is 2.54 bits per heavy atom. The van der Waals surface area contributed by atoms with E-state index in [1.807, 2.05) is 6.07 Å². The Balaban J connectivity index is 2.33. The molecule has 1 saturated heterocycles. The standard InChI is InChI=1S/C20H18FN3O4/c1-11(25)12-7-8-15-20(10-22,19(27)28-2)16(13-5-3-4-6-14(13)21)17(18(23)26)24(15)9-12/h3-9,15-17H,1-2H3,(H2,23,26)/t15-,16+,17+,20-/m0/s1. The first-order chi connectivity index (χ1) is 13.3. The molecule has 0 unspecified atom stereocenters. The molecule has 1 aromatic carbocycles. The quantitative estimate of drug-likeness (QED) is 0.781. The van der Waals surface area contributed by atoms with E-state index in [0.717, 1.165) is 7.11 Å². The molecular weight excluding hydrogens is 365 g/mol. The van der Waals surface area contributed by atoms with Crippen molar-refractivity contribution in [2.45, 2.75) is 24.9 Å². The lowest BCUT2D eigenvalue weighted by atomic mass is 9.68. The summed E-state index contributed by atoms with van der Waals surface area (Å²) < 4.78 is 19.6. The Morgan fingerprint density at radius 2 is 2.00 bits per heavy atom. The second-order valence-corrected chi connectivity index (χ2v) is 6.71. The first kappa shape index (κ1) is 19.3. The number of halogens is 1. The summed E-state index contributed by atoms with van der Waals surface area (Å²) in [6, 6.07) is 5.36. The molecule has 7 nitrogen and oxygen atoms in total. The molecule has 8 heteroatoms. The maximum absolute atomic E-state index is 14.7. The predicted octanol–water partition coefficient (Wildman–Crippen LogP) is 1.17. The molecule has 0 aliphatic carbocycles. The van der Waals surface area contributed by atoms with Crippen LogP contribution in [0.25, 0.3) is 0 Å². The van der Waals surface area contributed by atoms with Crippen molar-refractivity contribution in [1.29, 1.82) is 5.26 Å². The lowest BCUT2D eigenvalue weighted by Gasteiger charge is -2.32. The maximum atomic E-state index is 14.7. The first-order valence-electron chi connectivity index (χ1n) is 8.51. The second-order valence-electron chi connectivity index (χ2n) is 6.71. The molecule has 3 rings (SSSR count). The zero-order chi connectivity index (χ0) is 20.6. The first-order valence-corrected chi connectivity index (χ1v) is 8.51. The van der Waals surface area contributed by atoms with Crippen LogP contribution in [0.1, 0.15) is 18.4 Å². The third kappa shape index (κ3) is 2.59. The van der Waals surface area contributed by atoms with Crippen LogP contribution < -0.4 is 5.73 Å². The smallest absolute Gasteiger partial charge is 0.329 e. The Labute approximate surface area is 160 Å². The summed E-state index contributed by atoms with van der Waals surface area (Å²) in [7, 11) is 1.12. The van der Waals surface area contributed by atoms with Gasteiger partial charge < -0.3 is 15.4 Å². The summed E-state index contributed by atoms with van der Waals surface area (Å²) in [5, 5.41) is 10.1. The van der Waals surface area contributed by atoms with Crippen molar-refractivity contribution in [3.8, 4) is 6.07 Å². The highest BCUT2D eigenvalue weighted by atomic mass is 19.1. The fourth-order valence-corrected chi connectivity index (χ4v) is 4.08. The van der Waals surface area contributed by atoms with Crippen molar-refractivity contribution in [2.24, 2.45) is 11.1 Å². The Bertz CT molecular complexity index is 964. The molecule has 0 spiro atoms. The Morgan fingerprint density at radius 1 is 1.32 bits per heavy atom. The zero-order valence-electron chi connectivity index (χ0n) is 15.3. The van der Waals surface area contributed by atoms with Crippen LogP contribution >= 0.6 is 0 Å². The van der Waals surface area contributed by atoms with Gasteiger partial charge in [0, 0.05) is 17.7 Å². The Kier molecular flexibility index (Phi) is 4.77. The second kappa shape index (κ2) is 6.93. The summed E-state index contributed by atoms with van der Waals surface area (Å²) >= 11 is 0. The zero-order valence-corrected chi connectivity index (χ0v) is 15.3. The number of hydrogen-bond acceptors (Lipinski definition) is 6. The number of nitrogens with two attached hydrogens (primary N) is 1. The van der Waals surface area contributed by atoms with Gasteiger partial charge in [0.15, 0.2) is 11.2 Å². The monoisotopic (exact) mass is 383 g/mol. The molecule has 2 aliphatic heterocycles. The van der Waals surface area contributed by atoms with E-state index in [9.17, 15) is 24.0 Å². The molecule has 0 aromatic heterocycles. The van der Waals surface area contributed by atoms with Gasteiger partial charge in [-0.1, -0.05) is 30.4 Å². The van der Waals surface area contributed by atoms with Gasteiger partial charge >= 0.3 is 5.97 Å². The van der Waals surface area contributed by atoms with Crippen molar-refractivity contribution in [3.63, 3.8) is 0 Å². The number of allylic oxidation sites excluding steroid dienone is 2. The summed E-state index contributed by atoms with van der Waals surface area (Å²) in [6.07, 6.45) is 4.34. The number of nitriles is 1. The Hall–Kier alpha value is -3.47. The van der Waals surface area contributed by atoms with Gasteiger partial charge in [-0.15, -0.1) is 0 Å². The van der Waals surface area contributed by atoms with E-state index in [0.29, 0.717) is 0 Å². The highest BCUT2D eigenvalue weighted by Gasteiger charge is 2.66. The van der Waals surface area contributed by atoms with Crippen LogP contribution in [0.5, 0.6) is 0 Å². The molecular formula is C20H18FN3O4. The number of carbonyl (C=O) groups excluding carboxylic acids is 3. The van der Waals surface area contributed by atoms with E-state index < -0.39 is 41.1 Å². The normalized spacial score (nSPS) is 28.1. The molecule has 28 heavy (non-hydrogen) atoms. The van der Waals surface area contributed by atoms with Gasteiger partial charge in [0.25, 0.3) is 0 Å². The average Bonchev–Trinajstić information content (AvgIpc) is 2.98. The van der Waals surface area contributed by atoms with E-state index in [4.69, 9.17) is 10.5 Å².